The summed E-state index contributed by atoms with van der Waals surface area (Å²) >= 11 is 0. The van der Waals surface area contributed by atoms with Crippen LogP contribution in [0.5, 0.6) is 0 Å². The topological polar surface area (TPSA) is 104 Å². The van der Waals surface area contributed by atoms with Crippen LogP contribution in [0.25, 0.3) is 0 Å². The third kappa shape index (κ3) is 28.4. The largest absolute Gasteiger partial charge is 0.387 e. The second-order valence-electron chi connectivity index (χ2n) is 11.4. The van der Waals surface area contributed by atoms with E-state index in [1.807, 2.05) is 6.08 Å². The van der Waals surface area contributed by atoms with Gasteiger partial charge in [0, 0.05) is 6.42 Å². The standard InChI is InChI=1S/C33H63NO5S/c1-3-5-7-9-11-12-13-14-15-16-17-18-19-20-21-22-23-25-27-29-33(36)34-31(30-40(37,38)39)32(35)28-26-24-10-8-6-4-2/h14-15,26,28,31-32,35H,3-13,16-25,27,29-30H2,1-2H3,(H,34,36)(H,37,38,39)/b15-14-,28-26+. The molecule has 2 unspecified atom stereocenters. The van der Waals surface area contributed by atoms with Gasteiger partial charge in [-0.15, -0.1) is 0 Å². The van der Waals surface area contributed by atoms with E-state index in [-0.39, 0.29) is 5.91 Å². The number of carbonyl (C=O) groups excluding carboxylic acids is 1. The Balaban J connectivity index is 3.84. The average molecular weight is 586 g/mol. The van der Waals surface area contributed by atoms with E-state index in [1.165, 1.54) is 96.0 Å². The first-order valence-corrected chi connectivity index (χ1v) is 18.1. The maximum atomic E-state index is 12.3. The van der Waals surface area contributed by atoms with Gasteiger partial charge in [0.2, 0.25) is 5.91 Å². The molecule has 0 aliphatic heterocycles. The molecule has 3 N–H and O–H groups in total. The number of nitrogens with one attached hydrogen (secondary N) is 1. The number of aliphatic hydroxyl groups is 1. The summed E-state index contributed by atoms with van der Waals surface area (Å²) in [7, 11) is -4.32. The van der Waals surface area contributed by atoms with E-state index in [9.17, 15) is 22.9 Å². The molecule has 7 heteroatoms. The number of hydrogen-bond acceptors (Lipinski definition) is 4. The van der Waals surface area contributed by atoms with Gasteiger partial charge < -0.3 is 10.4 Å². The summed E-state index contributed by atoms with van der Waals surface area (Å²) in [4.78, 5) is 12.3. The van der Waals surface area contributed by atoms with Gasteiger partial charge in [0.15, 0.2) is 0 Å². The Morgan fingerprint density at radius 1 is 0.650 bits per heavy atom. The van der Waals surface area contributed by atoms with Crippen molar-refractivity contribution in [1.29, 1.82) is 0 Å². The summed E-state index contributed by atoms with van der Waals surface area (Å²) in [6, 6.07) is -1.05. The van der Waals surface area contributed by atoms with Crippen molar-refractivity contribution in [3.05, 3.63) is 24.3 Å². The molecule has 0 aliphatic rings. The molecule has 0 aliphatic carbocycles. The van der Waals surface area contributed by atoms with E-state index in [0.29, 0.717) is 6.42 Å². The SMILES string of the molecule is CCCCCC/C=C/C(O)C(CS(=O)(=O)O)NC(=O)CCCCCCCCCCC/C=C\CCCCCCCC. The molecule has 0 heterocycles. The monoisotopic (exact) mass is 585 g/mol. The van der Waals surface area contributed by atoms with Crippen LogP contribution in [-0.4, -0.2) is 41.9 Å². The van der Waals surface area contributed by atoms with Crippen molar-refractivity contribution < 1.29 is 22.9 Å². The summed E-state index contributed by atoms with van der Waals surface area (Å²) < 4.78 is 32.0. The van der Waals surface area contributed by atoms with Crippen LogP contribution in [0.15, 0.2) is 24.3 Å². The lowest BCUT2D eigenvalue weighted by molar-refractivity contribution is -0.122. The minimum Gasteiger partial charge on any atom is -0.387 e. The highest BCUT2D eigenvalue weighted by atomic mass is 32.2. The van der Waals surface area contributed by atoms with Crippen LogP contribution in [0.2, 0.25) is 0 Å². The van der Waals surface area contributed by atoms with E-state index in [2.05, 4.69) is 31.3 Å². The Morgan fingerprint density at radius 3 is 1.52 bits per heavy atom. The van der Waals surface area contributed by atoms with E-state index < -0.39 is 28.0 Å². The molecule has 6 nitrogen and oxygen atoms in total. The smallest absolute Gasteiger partial charge is 0.267 e. The summed E-state index contributed by atoms with van der Waals surface area (Å²) in [5.41, 5.74) is 0. The third-order valence-corrected chi connectivity index (χ3v) is 8.15. The van der Waals surface area contributed by atoms with Crippen molar-refractivity contribution in [3.63, 3.8) is 0 Å². The van der Waals surface area contributed by atoms with Crippen molar-refractivity contribution in [2.75, 3.05) is 5.75 Å². The summed E-state index contributed by atoms with van der Waals surface area (Å²) in [6.07, 6.45) is 33.4. The van der Waals surface area contributed by atoms with E-state index in [1.54, 1.807) is 0 Å². The highest BCUT2D eigenvalue weighted by Gasteiger charge is 2.24. The highest BCUT2D eigenvalue weighted by Crippen LogP contribution is 2.13. The normalized spacial score (nSPS) is 13.8. The minimum atomic E-state index is -4.32. The molecule has 1 amide bonds. The van der Waals surface area contributed by atoms with E-state index in [0.717, 1.165) is 51.4 Å². The lowest BCUT2D eigenvalue weighted by Gasteiger charge is -2.21. The average Bonchev–Trinajstić information content (AvgIpc) is 2.90. The predicted octanol–water partition coefficient (Wildman–Crippen LogP) is 8.84. The van der Waals surface area contributed by atoms with E-state index >= 15 is 0 Å². The van der Waals surface area contributed by atoms with Crippen molar-refractivity contribution in [1.82, 2.24) is 5.32 Å². The van der Waals surface area contributed by atoms with Gasteiger partial charge in [-0.25, -0.2) is 0 Å². The molecule has 0 saturated carbocycles. The zero-order valence-corrected chi connectivity index (χ0v) is 26.8. The Bertz CT molecular complexity index is 735. The molecule has 0 spiro atoms. The number of hydrogen-bond donors (Lipinski definition) is 3. The quantitative estimate of drug-likeness (QED) is 0.0462. The number of carbonyl (C=O) groups is 1. The first-order valence-electron chi connectivity index (χ1n) is 16.5. The van der Waals surface area contributed by atoms with Crippen LogP contribution < -0.4 is 5.32 Å². The van der Waals surface area contributed by atoms with Gasteiger partial charge in [0.1, 0.15) is 0 Å². The first-order chi connectivity index (χ1) is 19.3. The molecule has 0 aromatic carbocycles. The summed E-state index contributed by atoms with van der Waals surface area (Å²) in [6.45, 7) is 4.40. The fourth-order valence-electron chi connectivity index (χ4n) is 4.85. The number of allylic oxidation sites excluding steroid dienone is 3. The maximum Gasteiger partial charge on any atom is 0.267 e. The maximum absolute atomic E-state index is 12.3. The van der Waals surface area contributed by atoms with Crippen molar-refractivity contribution in [3.8, 4) is 0 Å². The van der Waals surface area contributed by atoms with Crippen LogP contribution >= 0.6 is 0 Å². The highest BCUT2D eigenvalue weighted by molar-refractivity contribution is 7.85. The fraction of sp³-hybridized carbons (Fsp3) is 0.848. The van der Waals surface area contributed by atoms with Crippen molar-refractivity contribution in [2.24, 2.45) is 0 Å². The predicted molar refractivity (Wildman–Crippen MR) is 170 cm³/mol. The lowest BCUT2D eigenvalue weighted by Crippen LogP contribution is -2.46. The van der Waals surface area contributed by atoms with E-state index in [4.69, 9.17) is 0 Å². The van der Waals surface area contributed by atoms with Crippen molar-refractivity contribution >= 4 is 16.0 Å². The van der Waals surface area contributed by atoms with Gasteiger partial charge in [-0.2, -0.15) is 8.42 Å². The molecule has 0 aromatic rings. The van der Waals surface area contributed by atoms with Crippen LogP contribution in [0.4, 0.5) is 0 Å². The van der Waals surface area contributed by atoms with Gasteiger partial charge in [0.05, 0.1) is 17.9 Å². The Kier molecular flexibility index (Phi) is 27.1. The number of unbranched alkanes of at least 4 members (excludes halogenated alkanes) is 19. The second-order valence-corrected chi connectivity index (χ2v) is 12.9. The minimum absolute atomic E-state index is 0.287. The molecular weight excluding hydrogens is 522 g/mol. The first kappa shape index (κ1) is 38.8. The zero-order valence-electron chi connectivity index (χ0n) is 26.0. The summed E-state index contributed by atoms with van der Waals surface area (Å²) in [5, 5.41) is 13.0. The number of amides is 1. The Hall–Kier alpha value is -1.18. The summed E-state index contributed by atoms with van der Waals surface area (Å²) in [5.74, 6) is -0.986. The molecule has 2 atom stereocenters. The number of aliphatic hydroxyl groups excluding tert-OH is 1. The van der Waals surface area contributed by atoms with Gasteiger partial charge in [-0.3, -0.25) is 9.35 Å². The van der Waals surface area contributed by atoms with Gasteiger partial charge >= 0.3 is 0 Å². The molecule has 0 fully saturated rings. The van der Waals surface area contributed by atoms with Gasteiger partial charge in [-0.05, 0) is 44.9 Å². The molecule has 0 bridgehead atoms. The fourth-order valence-corrected chi connectivity index (χ4v) is 5.59. The third-order valence-electron chi connectivity index (χ3n) is 7.37. The number of rotatable bonds is 29. The van der Waals surface area contributed by atoms with Gasteiger partial charge in [0.25, 0.3) is 10.1 Å². The van der Waals surface area contributed by atoms with Crippen LogP contribution in [0.1, 0.15) is 162 Å². The molecular formula is C33H63NO5S. The lowest BCUT2D eigenvalue weighted by atomic mass is 10.0. The molecule has 0 saturated heterocycles. The van der Waals surface area contributed by atoms with Gasteiger partial charge in [-0.1, -0.05) is 134 Å². The molecule has 0 rings (SSSR count). The van der Waals surface area contributed by atoms with Crippen LogP contribution in [0.3, 0.4) is 0 Å². The molecule has 236 valence electrons. The zero-order chi connectivity index (χ0) is 29.7. The Morgan fingerprint density at radius 2 is 1.05 bits per heavy atom. The molecule has 40 heavy (non-hydrogen) atoms. The van der Waals surface area contributed by atoms with Crippen LogP contribution in [0, 0.1) is 0 Å². The van der Waals surface area contributed by atoms with Crippen LogP contribution in [-0.2, 0) is 14.9 Å². The molecule has 0 aromatic heterocycles. The Labute approximate surface area is 247 Å². The van der Waals surface area contributed by atoms with Crippen molar-refractivity contribution in [2.45, 2.75) is 174 Å². The molecule has 0 radical (unpaired) electrons. The second kappa shape index (κ2) is 28.0.